The summed E-state index contributed by atoms with van der Waals surface area (Å²) in [6, 6.07) is 5.67. The third-order valence-electron chi connectivity index (χ3n) is 2.79. The van der Waals surface area contributed by atoms with E-state index in [-0.39, 0.29) is 0 Å². The molecule has 2 aromatic heterocycles. The molecule has 0 aromatic carbocycles. The Bertz CT molecular complexity index is 489. The fraction of sp³-hybridized carbons (Fsp3) is 0.400. The van der Waals surface area contributed by atoms with E-state index in [1.54, 1.807) is 0 Å². The van der Waals surface area contributed by atoms with Gasteiger partial charge in [0, 0.05) is 6.42 Å². The third kappa shape index (κ3) is 1.50. The fourth-order valence-electron chi connectivity index (χ4n) is 1.84. The highest BCUT2D eigenvalue weighted by molar-refractivity contribution is 6.29. The van der Waals surface area contributed by atoms with Crippen molar-refractivity contribution in [2.75, 3.05) is 13.1 Å². The zero-order chi connectivity index (χ0) is 10.3. The number of halogens is 1. The highest BCUT2D eigenvalue weighted by Crippen LogP contribution is 2.17. The fourth-order valence-corrected chi connectivity index (χ4v) is 2.10. The van der Waals surface area contributed by atoms with Crippen molar-refractivity contribution in [2.45, 2.75) is 6.42 Å². The zero-order valence-electron chi connectivity index (χ0n) is 8.15. The van der Waals surface area contributed by atoms with Gasteiger partial charge in [-0.25, -0.2) is 0 Å². The van der Waals surface area contributed by atoms with Crippen LogP contribution in [0, 0.1) is 5.92 Å². The number of nitrogens with one attached hydrogen (secondary N) is 1. The van der Waals surface area contributed by atoms with E-state index < -0.39 is 0 Å². The van der Waals surface area contributed by atoms with E-state index in [1.165, 1.54) is 0 Å². The second kappa shape index (κ2) is 3.47. The molecular weight excluding hydrogens is 212 g/mol. The molecule has 4 nitrogen and oxygen atoms in total. The van der Waals surface area contributed by atoms with Crippen molar-refractivity contribution >= 4 is 17.2 Å². The maximum Gasteiger partial charge on any atom is 0.161 e. The summed E-state index contributed by atoms with van der Waals surface area (Å²) >= 11 is 6.12. The summed E-state index contributed by atoms with van der Waals surface area (Å²) in [6.07, 6.45) is 0.942. The van der Waals surface area contributed by atoms with Gasteiger partial charge in [-0.15, -0.1) is 10.2 Å². The maximum atomic E-state index is 6.12. The molecule has 0 bridgehead atoms. The van der Waals surface area contributed by atoms with Crippen molar-refractivity contribution in [3.63, 3.8) is 0 Å². The molecule has 3 rings (SSSR count). The third-order valence-corrected chi connectivity index (χ3v) is 3.08. The topological polar surface area (TPSA) is 42.2 Å². The molecule has 5 heteroatoms. The normalized spacial score (nSPS) is 16.9. The molecule has 3 heterocycles. The first-order valence-electron chi connectivity index (χ1n) is 5.04. The Hall–Kier alpha value is -1.13. The van der Waals surface area contributed by atoms with E-state index >= 15 is 0 Å². The molecule has 1 N–H and O–H groups in total. The summed E-state index contributed by atoms with van der Waals surface area (Å²) in [6.45, 7) is 2.14. The summed E-state index contributed by atoms with van der Waals surface area (Å²) in [4.78, 5) is 0. The molecule has 0 saturated carbocycles. The number of rotatable bonds is 2. The van der Waals surface area contributed by atoms with Crippen LogP contribution in [0.15, 0.2) is 18.2 Å². The van der Waals surface area contributed by atoms with Crippen molar-refractivity contribution < 1.29 is 0 Å². The summed E-state index contributed by atoms with van der Waals surface area (Å²) in [5.74, 6) is 1.63. The molecule has 1 aliphatic heterocycles. The molecule has 2 aromatic rings. The van der Waals surface area contributed by atoms with Gasteiger partial charge in [-0.05, 0) is 31.1 Å². The number of hydrogen-bond donors (Lipinski definition) is 1. The molecule has 1 saturated heterocycles. The zero-order valence-corrected chi connectivity index (χ0v) is 8.91. The molecule has 0 aliphatic carbocycles. The van der Waals surface area contributed by atoms with Gasteiger partial charge in [0.1, 0.15) is 11.0 Å². The predicted octanol–water partition coefficient (Wildman–Crippen LogP) is 1.14. The minimum atomic E-state index is 0.675. The molecule has 0 atom stereocenters. The smallest absolute Gasteiger partial charge is 0.161 e. The Balaban J connectivity index is 2.02. The monoisotopic (exact) mass is 222 g/mol. The van der Waals surface area contributed by atoms with Gasteiger partial charge in [0.05, 0.1) is 0 Å². The first-order chi connectivity index (χ1) is 7.34. The van der Waals surface area contributed by atoms with Gasteiger partial charge in [0.25, 0.3) is 0 Å². The number of aromatic nitrogens is 3. The lowest BCUT2D eigenvalue weighted by atomic mass is 9.99. The van der Waals surface area contributed by atoms with Gasteiger partial charge in [0.15, 0.2) is 5.65 Å². The second-order valence-corrected chi connectivity index (χ2v) is 4.27. The molecule has 1 fully saturated rings. The minimum Gasteiger partial charge on any atom is -0.316 e. The Morgan fingerprint density at radius 1 is 1.40 bits per heavy atom. The van der Waals surface area contributed by atoms with E-state index in [0.717, 1.165) is 31.0 Å². The van der Waals surface area contributed by atoms with Crippen LogP contribution in [-0.2, 0) is 6.42 Å². The molecule has 15 heavy (non-hydrogen) atoms. The number of fused-ring (bicyclic) bond motifs is 1. The van der Waals surface area contributed by atoms with Crippen molar-refractivity contribution in [3.05, 3.63) is 29.2 Å². The van der Waals surface area contributed by atoms with E-state index in [2.05, 4.69) is 15.5 Å². The van der Waals surface area contributed by atoms with Crippen molar-refractivity contribution in [3.8, 4) is 0 Å². The standard InChI is InChI=1S/C10H11ClN4/c11-8-2-1-3-9-13-14-10(15(8)9)4-7-5-12-6-7/h1-3,7,12H,4-6H2. The van der Waals surface area contributed by atoms with Crippen LogP contribution in [0.3, 0.4) is 0 Å². The van der Waals surface area contributed by atoms with Gasteiger partial charge in [-0.1, -0.05) is 17.7 Å². The quantitative estimate of drug-likeness (QED) is 0.775. The molecule has 0 radical (unpaired) electrons. The van der Waals surface area contributed by atoms with Crippen LogP contribution in [0.4, 0.5) is 0 Å². The largest absolute Gasteiger partial charge is 0.316 e. The summed E-state index contributed by atoms with van der Waals surface area (Å²) in [5, 5.41) is 12.2. The average molecular weight is 223 g/mol. The van der Waals surface area contributed by atoms with Gasteiger partial charge in [-0.2, -0.15) is 0 Å². The van der Waals surface area contributed by atoms with Crippen LogP contribution in [0.1, 0.15) is 5.82 Å². The Morgan fingerprint density at radius 2 is 2.27 bits per heavy atom. The molecule has 78 valence electrons. The van der Waals surface area contributed by atoms with Crippen LogP contribution in [0.2, 0.25) is 5.15 Å². The minimum absolute atomic E-state index is 0.675. The second-order valence-electron chi connectivity index (χ2n) is 3.89. The lowest BCUT2D eigenvalue weighted by molar-refractivity contribution is 0.340. The molecule has 0 unspecified atom stereocenters. The van der Waals surface area contributed by atoms with Crippen LogP contribution in [0.25, 0.3) is 5.65 Å². The Labute approximate surface area is 92.3 Å². The predicted molar refractivity (Wildman–Crippen MR) is 58.1 cm³/mol. The van der Waals surface area contributed by atoms with Gasteiger partial charge < -0.3 is 5.32 Å². The van der Waals surface area contributed by atoms with Crippen LogP contribution in [0.5, 0.6) is 0 Å². The van der Waals surface area contributed by atoms with E-state index in [0.29, 0.717) is 11.1 Å². The van der Waals surface area contributed by atoms with E-state index in [1.807, 2.05) is 22.6 Å². The average Bonchev–Trinajstić information content (AvgIpc) is 2.56. The number of hydrogen-bond acceptors (Lipinski definition) is 3. The lowest BCUT2D eigenvalue weighted by Gasteiger charge is -2.26. The Kier molecular flexibility index (Phi) is 2.11. The highest BCUT2D eigenvalue weighted by Gasteiger charge is 2.20. The van der Waals surface area contributed by atoms with E-state index in [9.17, 15) is 0 Å². The first-order valence-corrected chi connectivity index (χ1v) is 5.41. The van der Waals surface area contributed by atoms with Gasteiger partial charge in [-0.3, -0.25) is 4.40 Å². The van der Waals surface area contributed by atoms with E-state index in [4.69, 9.17) is 11.6 Å². The maximum absolute atomic E-state index is 6.12. The van der Waals surface area contributed by atoms with Crippen LogP contribution < -0.4 is 5.32 Å². The number of nitrogens with zero attached hydrogens (tertiary/aromatic N) is 3. The molecule has 1 aliphatic rings. The number of pyridine rings is 1. The summed E-state index contributed by atoms with van der Waals surface area (Å²) in [5.41, 5.74) is 0.824. The van der Waals surface area contributed by atoms with Crippen LogP contribution in [-0.4, -0.2) is 27.7 Å². The van der Waals surface area contributed by atoms with Crippen molar-refractivity contribution in [2.24, 2.45) is 5.92 Å². The summed E-state index contributed by atoms with van der Waals surface area (Å²) < 4.78 is 1.92. The first kappa shape index (κ1) is 9.12. The lowest BCUT2D eigenvalue weighted by Crippen LogP contribution is -2.43. The van der Waals surface area contributed by atoms with Gasteiger partial charge in [0.2, 0.25) is 0 Å². The Morgan fingerprint density at radius 3 is 3.00 bits per heavy atom. The van der Waals surface area contributed by atoms with Crippen molar-refractivity contribution in [1.29, 1.82) is 0 Å². The van der Waals surface area contributed by atoms with Crippen molar-refractivity contribution in [1.82, 2.24) is 19.9 Å². The molecular formula is C10H11ClN4. The van der Waals surface area contributed by atoms with Gasteiger partial charge >= 0.3 is 0 Å². The SMILES string of the molecule is Clc1cccc2nnc(CC3CNC3)n12. The highest BCUT2D eigenvalue weighted by atomic mass is 35.5. The molecule has 0 spiro atoms. The summed E-state index contributed by atoms with van der Waals surface area (Å²) in [7, 11) is 0. The molecule has 0 amide bonds. The van der Waals surface area contributed by atoms with Crippen LogP contribution >= 0.6 is 11.6 Å².